The zero-order valence-electron chi connectivity index (χ0n) is 14.8. The van der Waals surface area contributed by atoms with E-state index in [1.54, 1.807) is 0 Å². The number of hydrogen-bond donors (Lipinski definition) is 0. The van der Waals surface area contributed by atoms with E-state index < -0.39 is 0 Å². The number of benzene rings is 3. The fraction of sp³-hybridized carbons (Fsp3) is 0.174. The molecule has 25 heavy (non-hydrogen) atoms. The second-order valence-electron chi connectivity index (χ2n) is 6.83. The van der Waals surface area contributed by atoms with Crippen molar-refractivity contribution in [2.45, 2.75) is 26.7 Å². The fourth-order valence-electron chi connectivity index (χ4n) is 3.27. The maximum Gasteiger partial charge on any atom is 0.227 e. The van der Waals surface area contributed by atoms with Crippen molar-refractivity contribution in [3.63, 3.8) is 0 Å². The lowest BCUT2D eigenvalue weighted by atomic mass is 10.0. The lowest BCUT2D eigenvalue weighted by Gasteiger charge is -2.13. The molecule has 0 spiro atoms. The van der Waals surface area contributed by atoms with Gasteiger partial charge in [0, 0.05) is 11.6 Å². The molecule has 124 valence electrons. The van der Waals surface area contributed by atoms with Crippen LogP contribution in [-0.4, -0.2) is 4.98 Å². The number of hydrogen-bond acceptors (Lipinski definition) is 2. The second-order valence-corrected chi connectivity index (χ2v) is 6.83. The van der Waals surface area contributed by atoms with Gasteiger partial charge in [-0.15, -0.1) is 0 Å². The van der Waals surface area contributed by atoms with Gasteiger partial charge < -0.3 is 4.74 Å². The summed E-state index contributed by atoms with van der Waals surface area (Å²) in [5.74, 6) is 1.96. The minimum atomic E-state index is 0.465. The zero-order valence-corrected chi connectivity index (χ0v) is 14.8. The summed E-state index contributed by atoms with van der Waals surface area (Å²) >= 11 is 0. The molecule has 0 unspecified atom stereocenters. The minimum Gasteiger partial charge on any atom is -0.438 e. The van der Waals surface area contributed by atoms with Crippen LogP contribution in [0.15, 0.2) is 66.9 Å². The molecule has 0 saturated heterocycles. The SMILES string of the molecule is Cc1cc(Oc2nccc3c2ccc2ccccc23)cc(C(C)C)c1. The average Bonchev–Trinajstić information content (AvgIpc) is 2.61. The van der Waals surface area contributed by atoms with E-state index >= 15 is 0 Å². The normalized spacial score (nSPS) is 11.4. The molecule has 2 nitrogen and oxygen atoms in total. The van der Waals surface area contributed by atoms with Crippen LogP contribution in [0.2, 0.25) is 0 Å². The first-order valence-corrected chi connectivity index (χ1v) is 8.68. The summed E-state index contributed by atoms with van der Waals surface area (Å²) in [6.07, 6.45) is 1.82. The van der Waals surface area contributed by atoms with Crippen molar-refractivity contribution in [3.8, 4) is 11.6 Å². The molecule has 2 heteroatoms. The number of aryl methyl sites for hydroxylation is 1. The van der Waals surface area contributed by atoms with Gasteiger partial charge in [0.2, 0.25) is 5.88 Å². The van der Waals surface area contributed by atoms with E-state index in [2.05, 4.69) is 86.4 Å². The van der Waals surface area contributed by atoms with Gasteiger partial charge in [0.15, 0.2) is 0 Å². The number of pyridine rings is 1. The average molecular weight is 327 g/mol. The van der Waals surface area contributed by atoms with E-state index in [-0.39, 0.29) is 0 Å². The van der Waals surface area contributed by atoms with E-state index in [0.29, 0.717) is 11.8 Å². The van der Waals surface area contributed by atoms with Crippen LogP contribution >= 0.6 is 0 Å². The molecule has 0 bridgehead atoms. The van der Waals surface area contributed by atoms with Crippen LogP contribution in [0.25, 0.3) is 21.5 Å². The molecular formula is C23H21NO. The molecule has 0 aliphatic carbocycles. The van der Waals surface area contributed by atoms with Gasteiger partial charge >= 0.3 is 0 Å². The Hall–Kier alpha value is -2.87. The summed E-state index contributed by atoms with van der Waals surface area (Å²) in [4.78, 5) is 4.49. The van der Waals surface area contributed by atoms with E-state index in [4.69, 9.17) is 4.74 Å². The summed E-state index contributed by atoms with van der Waals surface area (Å²) in [5.41, 5.74) is 2.48. The van der Waals surface area contributed by atoms with Crippen molar-refractivity contribution in [1.29, 1.82) is 0 Å². The number of aromatic nitrogens is 1. The molecule has 0 fully saturated rings. The molecule has 1 heterocycles. The van der Waals surface area contributed by atoms with Crippen molar-refractivity contribution >= 4 is 21.5 Å². The summed E-state index contributed by atoms with van der Waals surface area (Å²) in [6.45, 7) is 6.49. The fourth-order valence-corrected chi connectivity index (χ4v) is 3.27. The number of ether oxygens (including phenoxy) is 1. The van der Waals surface area contributed by atoms with Crippen LogP contribution in [0.5, 0.6) is 11.6 Å². The topological polar surface area (TPSA) is 22.1 Å². The quantitative estimate of drug-likeness (QED) is 0.395. The van der Waals surface area contributed by atoms with Gasteiger partial charge in [0.25, 0.3) is 0 Å². The van der Waals surface area contributed by atoms with Crippen LogP contribution in [-0.2, 0) is 0 Å². The summed E-state index contributed by atoms with van der Waals surface area (Å²) in [7, 11) is 0. The summed E-state index contributed by atoms with van der Waals surface area (Å²) in [6, 6.07) is 21.1. The second kappa shape index (κ2) is 6.21. The molecule has 4 rings (SSSR count). The predicted molar refractivity (Wildman–Crippen MR) is 105 cm³/mol. The van der Waals surface area contributed by atoms with Crippen LogP contribution in [0.1, 0.15) is 30.9 Å². The highest BCUT2D eigenvalue weighted by Crippen LogP contribution is 2.33. The molecule has 1 aromatic heterocycles. The standard InChI is InChI=1S/C23H21NO/c1-15(2)18-12-16(3)13-19(14-18)25-23-22-9-8-17-6-4-5-7-20(17)21(22)10-11-24-23/h4-15H,1-3H3. The maximum absolute atomic E-state index is 6.20. The highest BCUT2D eigenvalue weighted by molar-refractivity contribution is 6.08. The van der Waals surface area contributed by atoms with Gasteiger partial charge in [-0.25, -0.2) is 4.98 Å². The largest absolute Gasteiger partial charge is 0.438 e. The molecule has 0 amide bonds. The first-order valence-electron chi connectivity index (χ1n) is 8.68. The molecule has 0 aliphatic heterocycles. The van der Waals surface area contributed by atoms with Gasteiger partial charge in [0.1, 0.15) is 5.75 Å². The van der Waals surface area contributed by atoms with Gasteiger partial charge in [-0.05, 0) is 64.4 Å². The Labute approximate surface area is 148 Å². The van der Waals surface area contributed by atoms with Crippen LogP contribution in [0, 0.1) is 6.92 Å². The lowest BCUT2D eigenvalue weighted by molar-refractivity contribution is 0.468. The number of nitrogens with zero attached hydrogens (tertiary/aromatic N) is 1. The Morgan fingerprint density at radius 2 is 1.68 bits per heavy atom. The summed E-state index contributed by atoms with van der Waals surface area (Å²) < 4.78 is 6.20. The van der Waals surface area contributed by atoms with Crippen molar-refractivity contribution in [1.82, 2.24) is 4.98 Å². The highest BCUT2D eigenvalue weighted by Gasteiger charge is 2.09. The Bertz CT molecular complexity index is 1070. The van der Waals surface area contributed by atoms with Crippen molar-refractivity contribution < 1.29 is 4.74 Å². The van der Waals surface area contributed by atoms with E-state index in [1.165, 1.54) is 27.3 Å². The molecule has 3 aromatic carbocycles. The van der Waals surface area contributed by atoms with Crippen LogP contribution < -0.4 is 4.74 Å². The third-order valence-electron chi connectivity index (χ3n) is 4.59. The van der Waals surface area contributed by atoms with Gasteiger partial charge in [-0.3, -0.25) is 0 Å². The Morgan fingerprint density at radius 1 is 0.840 bits per heavy atom. The molecule has 0 N–H and O–H groups in total. The Balaban J connectivity index is 1.84. The van der Waals surface area contributed by atoms with E-state index in [9.17, 15) is 0 Å². The molecule has 0 radical (unpaired) electrons. The summed E-state index contributed by atoms with van der Waals surface area (Å²) in [5, 5.41) is 4.65. The van der Waals surface area contributed by atoms with Crippen LogP contribution in [0.4, 0.5) is 0 Å². The first kappa shape index (κ1) is 15.6. The van der Waals surface area contributed by atoms with Gasteiger partial charge in [-0.2, -0.15) is 0 Å². The molecule has 0 aliphatic rings. The highest BCUT2D eigenvalue weighted by atomic mass is 16.5. The number of fused-ring (bicyclic) bond motifs is 3. The van der Waals surface area contributed by atoms with Crippen LogP contribution in [0.3, 0.4) is 0 Å². The first-order chi connectivity index (χ1) is 12.1. The van der Waals surface area contributed by atoms with Gasteiger partial charge in [0.05, 0.1) is 0 Å². The number of rotatable bonds is 3. The van der Waals surface area contributed by atoms with E-state index in [1.807, 2.05) is 6.20 Å². The molecule has 0 atom stereocenters. The van der Waals surface area contributed by atoms with Crippen molar-refractivity contribution in [2.75, 3.05) is 0 Å². The zero-order chi connectivity index (χ0) is 17.4. The molecule has 0 saturated carbocycles. The third-order valence-corrected chi connectivity index (χ3v) is 4.59. The lowest BCUT2D eigenvalue weighted by Crippen LogP contribution is -1.94. The Kier molecular flexibility index (Phi) is 3.89. The van der Waals surface area contributed by atoms with Crippen molar-refractivity contribution in [3.05, 3.63) is 78.0 Å². The third kappa shape index (κ3) is 2.96. The van der Waals surface area contributed by atoms with Crippen molar-refractivity contribution in [2.24, 2.45) is 0 Å². The Morgan fingerprint density at radius 3 is 2.52 bits per heavy atom. The monoisotopic (exact) mass is 327 g/mol. The molecular weight excluding hydrogens is 306 g/mol. The maximum atomic E-state index is 6.20. The predicted octanol–water partition coefficient (Wildman–Crippen LogP) is 6.61. The van der Waals surface area contributed by atoms with Gasteiger partial charge in [-0.1, -0.05) is 50.2 Å². The minimum absolute atomic E-state index is 0.465. The smallest absolute Gasteiger partial charge is 0.227 e. The van der Waals surface area contributed by atoms with E-state index in [0.717, 1.165) is 11.1 Å². The molecule has 4 aromatic rings.